The first-order valence-electron chi connectivity index (χ1n) is 4.55. The molecular weight excluding hydrogens is 230 g/mol. The fourth-order valence-electron chi connectivity index (χ4n) is 1.62. The van der Waals surface area contributed by atoms with Crippen LogP contribution in [0.15, 0.2) is 22.8 Å². The Kier molecular flexibility index (Phi) is 2.96. The minimum Gasteiger partial charge on any atom is -0.381 e. The van der Waals surface area contributed by atoms with Crippen LogP contribution in [0.5, 0.6) is 0 Å². The topological polar surface area (TPSA) is 22.1 Å². The average molecular weight is 242 g/mol. The van der Waals surface area contributed by atoms with Crippen LogP contribution in [0.25, 0.3) is 0 Å². The monoisotopic (exact) mass is 241 g/mol. The van der Waals surface area contributed by atoms with Gasteiger partial charge in [-0.3, -0.25) is 4.98 Å². The molecule has 3 heteroatoms. The summed E-state index contributed by atoms with van der Waals surface area (Å²) in [6.07, 6.45) is 4.08. The molecule has 0 aromatic carbocycles. The molecule has 0 aliphatic carbocycles. The molecule has 0 radical (unpaired) electrons. The number of ether oxygens (including phenoxy) is 1. The van der Waals surface area contributed by atoms with Gasteiger partial charge in [0.25, 0.3) is 0 Å². The summed E-state index contributed by atoms with van der Waals surface area (Å²) < 4.78 is 6.35. The van der Waals surface area contributed by atoms with Gasteiger partial charge in [0.2, 0.25) is 0 Å². The lowest BCUT2D eigenvalue weighted by atomic mass is 9.96. The maximum Gasteiger partial charge on any atom is 0.0472 e. The van der Waals surface area contributed by atoms with Gasteiger partial charge in [-0.25, -0.2) is 0 Å². The van der Waals surface area contributed by atoms with Crippen LogP contribution in [-0.2, 0) is 4.74 Å². The molecule has 1 fully saturated rings. The minimum atomic E-state index is 0.599. The molecule has 13 heavy (non-hydrogen) atoms. The third kappa shape index (κ3) is 2.29. The molecular formula is C10H12BrNO. The Balaban J connectivity index is 2.10. The Morgan fingerprint density at radius 2 is 2.08 bits per heavy atom. The van der Waals surface area contributed by atoms with Crippen molar-refractivity contribution in [3.63, 3.8) is 0 Å². The van der Waals surface area contributed by atoms with Crippen LogP contribution in [0.2, 0.25) is 0 Å². The van der Waals surface area contributed by atoms with Gasteiger partial charge in [0.05, 0.1) is 0 Å². The highest BCUT2D eigenvalue weighted by atomic mass is 79.9. The van der Waals surface area contributed by atoms with E-state index in [1.165, 1.54) is 5.69 Å². The zero-order valence-corrected chi connectivity index (χ0v) is 8.96. The molecule has 0 amide bonds. The third-order valence-electron chi connectivity index (χ3n) is 2.39. The predicted octanol–water partition coefficient (Wildman–Crippen LogP) is 2.74. The van der Waals surface area contributed by atoms with E-state index in [1.807, 2.05) is 6.20 Å². The summed E-state index contributed by atoms with van der Waals surface area (Å²) in [6, 6.07) is 4.15. The van der Waals surface area contributed by atoms with Crippen molar-refractivity contribution in [2.75, 3.05) is 13.2 Å². The van der Waals surface area contributed by atoms with E-state index >= 15 is 0 Å². The van der Waals surface area contributed by atoms with E-state index in [0.717, 1.165) is 30.5 Å². The van der Waals surface area contributed by atoms with E-state index in [-0.39, 0.29) is 0 Å². The van der Waals surface area contributed by atoms with Crippen molar-refractivity contribution < 1.29 is 4.74 Å². The first kappa shape index (κ1) is 9.16. The van der Waals surface area contributed by atoms with Crippen molar-refractivity contribution in [3.8, 4) is 0 Å². The number of nitrogens with zero attached hydrogens (tertiary/aromatic N) is 1. The fourth-order valence-corrected chi connectivity index (χ4v) is 1.86. The van der Waals surface area contributed by atoms with Gasteiger partial charge in [-0.05, 0) is 40.9 Å². The smallest absolute Gasteiger partial charge is 0.0472 e. The molecule has 2 rings (SSSR count). The van der Waals surface area contributed by atoms with Crippen LogP contribution >= 0.6 is 15.9 Å². The summed E-state index contributed by atoms with van der Waals surface area (Å²) in [5.41, 5.74) is 1.20. The van der Waals surface area contributed by atoms with Gasteiger partial charge < -0.3 is 4.74 Å². The largest absolute Gasteiger partial charge is 0.381 e. The number of hydrogen-bond acceptors (Lipinski definition) is 2. The van der Waals surface area contributed by atoms with E-state index in [9.17, 15) is 0 Å². The Morgan fingerprint density at radius 3 is 2.69 bits per heavy atom. The van der Waals surface area contributed by atoms with Crippen LogP contribution < -0.4 is 0 Å². The predicted molar refractivity (Wildman–Crippen MR) is 54.7 cm³/mol. The number of halogens is 1. The van der Waals surface area contributed by atoms with Gasteiger partial charge in [-0.1, -0.05) is 0 Å². The number of aromatic nitrogens is 1. The molecule has 2 heterocycles. The molecule has 0 N–H and O–H groups in total. The Morgan fingerprint density at radius 1 is 1.31 bits per heavy atom. The maximum absolute atomic E-state index is 5.31. The first-order valence-corrected chi connectivity index (χ1v) is 5.35. The second-order valence-corrected chi connectivity index (χ2v) is 4.20. The summed E-state index contributed by atoms with van der Waals surface area (Å²) in [4.78, 5) is 4.40. The van der Waals surface area contributed by atoms with Gasteiger partial charge in [0.1, 0.15) is 0 Å². The molecule has 1 aromatic rings. The molecule has 1 aromatic heterocycles. The molecule has 1 aliphatic rings. The highest BCUT2D eigenvalue weighted by Gasteiger charge is 2.16. The van der Waals surface area contributed by atoms with E-state index in [0.29, 0.717) is 5.92 Å². The molecule has 1 saturated heterocycles. The summed E-state index contributed by atoms with van der Waals surface area (Å²) in [5.74, 6) is 0.599. The van der Waals surface area contributed by atoms with E-state index < -0.39 is 0 Å². The highest BCUT2D eigenvalue weighted by Crippen LogP contribution is 2.25. The van der Waals surface area contributed by atoms with Gasteiger partial charge >= 0.3 is 0 Å². The molecule has 0 atom stereocenters. The quantitative estimate of drug-likeness (QED) is 0.755. The first-order chi connectivity index (χ1) is 6.36. The van der Waals surface area contributed by atoms with Gasteiger partial charge in [0, 0.05) is 35.5 Å². The summed E-state index contributed by atoms with van der Waals surface area (Å²) in [6.45, 7) is 1.75. The van der Waals surface area contributed by atoms with Crippen LogP contribution in [0, 0.1) is 0 Å². The van der Waals surface area contributed by atoms with E-state index in [4.69, 9.17) is 4.74 Å². The van der Waals surface area contributed by atoms with Gasteiger partial charge in [-0.2, -0.15) is 0 Å². The summed E-state index contributed by atoms with van der Waals surface area (Å²) in [7, 11) is 0. The van der Waals surface area contributed by atoms with Gasteiger partial charge in [-0.15, -0.1) is 0 Å². The Bertz CT molecular complexity index is 267. The van der Waals surface area contributed by atoms with E-state index in [1.54, 1.807) is 0 Å². The number of hydrogen-bond donors (Lipinski definition) is 0. The Labute approximate surface area is 86.5 Å². The molecule has 1 aliphatic heterocycles. The molecule has 0 bridgehead atoms. The standard InChI is InChI=1S/C10H12BrNO/c11-9-1-2-10(12-7-9)8-3-5-13-6-4-8/h1-2,7-8H,3-6H2. The maximum atomic E-state index is 5.31. The highest BCUT2D eigenvalue weighted by molar-refractivity contribution is 9.10. The third-order valence-corrected chi connectivity index (χ3v) is 2.86. The van der Waals surface area contributed by atoms with Crippen molar-refractivity contribution in [1.29, 1.82) is 0 Å². The van der Waals surface area contributed by atoms with E-state index in [2.05, 4.69) is 33.0 Å². The average Bonchev–Trinajstić information content (AvgIpc) is 2.20. The summed E-state index contributed by atoms with van der Waals surface area (Å²) >= 11 is 3.38. The molecule has 70 valence electrons. The fraction of sp³-hybridized carbons (Fsp3) is 0.500. The second-order valence-electron chi connectivity index (χ2n) is 3.29. The number of pyridine rings is 1. The minimum absolute atomic E-state index is 0.599. The molecule has 2 nitrogen and oxygen atoms in total. The molecule has 0 unspecified atom stereocenters. The Hall–Kier alpha value is -0.410. The number of rotatable bonds is 1. The van der Waals surface area contributed by atoms with Crippen molar-refractivity contribution in [2.24, 2.45) is 0 Å². The lowest BCUT2D eigenvalue weighted by Gasteiger charge is -2.21. The molecule has 0 spiro atoms. The molecule has 0 saturated carbocycles. The second kappa shape index (κ2) is 4.20. The van der Waals surface area contributed by atoms with Crippen molar-refractivity contribution in [2.45, 2.75) is 18.8 Å². The lowest BCUT2D eigenvalue weighted by Crippen LogP contribution is -2.14. The van der Waals surface area contributed by atoms with Crippen molar-refractivity contribution in [1.82, 2.24) is 4.98 Å². The zero-order valence-electron chi connectivity index (χ0n) is 7.37. The summed E-state index contributed by atoms with van der Waals surface area (Å²) in [5, 5.41) is 0. The van der Waals surface area contributed by atoms with Crippen molar-refractivity contribution in [3.05, 3.63) is 28.5 Å². The van der Waals surface area contributed by atoms with Crippen LogP contribution in [0.1, 0.15) is 24.5 Å². The zero-order chi connectivity index (χ0) is 9.10. The van der Waals surface area contributed by atoms with Crippen LogP contribution in [0.4, 0.5) is 0 Å². The SMILES string of the molecule is Brc1ccc(C2CCOCC2)nc1. The lowest BCUT2D eigenvalue weighted by molar-refractivity contribution is 0.0845. The van der Waals surface area contributed by atoms with Crippen LogP contribution in [0.3, 0.4) is 0 Å². The van der Waals surface area contributed by atoms with Crippen LogP contribution in [-0.4, -0.2) is 18.2 Å². The normalized spacial score (nSPS) is 18.8. The van der Waals surface area contributed by atoms with Gasteiger partial charge in [0.15, 0.2) is 0 Å². The van der Waals surface area contributed by atoms with Crippen molar-refractivity contribution >= 4 is 15.9 Å².